The Morgan fingerprint density at radius 3 is 2.83 bits per heavy atom. The van der Waals surface area contributed by atoms with Gasteiger partial charge in [0.15, 0.2) is 0 Å². The predicted molar refractivity (Wildman–Crippen MR) is 95.2 cm³/mol. The molecule has 1 fully saturated rings. The van der Waals surface area contributed by atoms with Crippen LogP contribution in [0.4, 0.5) is 0 Å². The highest BCUT2D eigenvalue weighted by atomic mass is 16.5. The Labute approximate surface area is 142 Å². The van der Waals surface area contributed by atoms with E-state index in [9.17, 15) is 4.79 Å². The van der Waals surface area contributed by atoms with Crippen LogP contribution in [0.1, 0.15) is 25.7 Å². The molecular weight excluding hydrogens is 302 g/mol. The van der Waals surface area contributed by atoms with E-state index < -0.39 is 0 Å². The van der Waals surface area contributed by atoms with Gasteiger partial charge in [0.25, 0.3) is 5.56 Å². The minimum absolute atomic E-state index is 0.106. The van der Waals surface area contributed by atoms with Crippen LogP contribution in [0.5, 0.6) is 5.75 Å². The third-order valence-corrected chi connectivity index (χ3v) is 4.58. The second-order valence-corrected chi connectivity index (χ2v) is 6.43. The van der Waals surface area contributed by atoms with Gasteiger partial charge < -0.3 is 10.1 Å². The number of hydrogen-bond acceptors (Lipinski definition) is 4. The quantitative estimate of drug-likeness (QED) is 0.829. The lowest BCUT2D eigenvalue weighted by molar-refractivity contribution is 0.275. The Bertz CT molecular complexity index is 703. The molecule has 1 N–H and O–H groups in total. The summed E-state index contributed by atoms with van der Waals surface area (Å²) in [6.45, 7) is 3.07. The van der Waals surface area contributed by atoms with Crippen LogP contribution in [0.25, 0.3) is 11.1 Å². The van der Waals surface area contributed by atoms with Crippen LogP contribution in [0.2, 0.25) is 0 Å². The maximum Gasteiger partial charge on any atom is 0.267 e. The van der Waals surface area contributed by atoms with E-state index in [0.717, 1.165) is 42.4 Å². The molecule has 3 rings (SSSR count). The van der Waals surface area contributed by atoms with Gasteiger partial charge in [-0.2, -0.15) is 5.10 Å². The largest absolute Gasteiger partial charge is 0.494 e. The van der Waals surface area contributed by atoms with Gasteiger partial charge in [-0.15, -0.1) is 0 Å². The molecule has 1 aliphatic rings. The van der Waals surface area contributed by atoms with Crippen molar-refractivity contribution >= 4 is 0 Å². The number of hydrogen-bond donors (Lipinski definition) is 1. The minimum atomic E-state index is -0.106. The van der Waals surface area contributed by atoms with E-state index in [0.29, 0.717) is 0 Å². The van der Waals surface area contributed by atoms with Crippen LogP contribution in [0.3, 0.4) is 0 Å². The zero-order valence-corrected chi connectivity index (χ0v) is 14.2. The fourth-order valence-electron chi connectivity index (χ4n) is 3.10. The normalized spacial score (nSPS) is 17.6. The second kappa shape index (κ2) is 8.11. The molecule has 1 unspecified atom stereocenters. The molecule has 0 bridgehead atoms. The fourth-order valence-corrected chi connectivity index (χ4v) is 3.10. The van der Waals surface area contributed by atoms with Crippen LogP contribution >= 0.6 is 0 Å². The highest BCUT2D eigenvalue weighted by Gasteiger charge is 2.12. The molecule has 0 saturated carbocycles. The fraction of sp³-hybridized carbons (Fsp3) is 0.474. The van der Waals surface area contributed by atoms with E-state index in [4.69, 9.17) is 4.74 Å². The third kappa shape index (κ3) is 4.45. The molecule has 24 heavy (non-hydrogen) atoms. The molecule has 1 aromatic carbocycles. The SMILES string of the molecule is Cn1ncc(-c2ccc(OCCCC3CCCNC3)cc2)cc1=O. The topological polar surface area (TPSA) is 56.1 Å². The summed E-state index contributed by atoms with van der Waals surface area (Å²) in [5, 5.41) is 7.50. The van der Waals surface area contributed by atoms with Crippen molar-refractivity contribution in [1.82, 2.24) is 15.1 Å². The first-order valence-corrected chi connectivity index (χ1v) is 8.70. The Morgan fingerprint density at radius 2 is 2.12 bits per heavy atom. The first-order valence-electron chi connectivity index (χ1n) is 8.70. The van der Waals surface area contributed by atoms with Crippen LogP contribution in [-0.2, 0) is 7.05 Å². The summed E-state index contributed by atoms with van der Waals surface area (Å²) in [4.78, 5) is 11.7. The van der Waals surface area contributed by atoms with Gasteiger partial charge in [0.2, 0.25) is 0 Å². The smallest absolute Gasteiger partial charge is 0.267 e. The minimum Gasteiger partial charge on any atom is -0.494 e. The number of ether oxygens (including phenoxy) is 1. The van der Waals surface area contributed by atoms with Crippen LogP contribution in [0.15, 0.2) is 41.3 Å². The summed E-state index contributed by atoms with van der Waals surface area (Å²) in [5.41, 5.74) is 1.69. The first kappa shape index (κ1) is 16.7. The van der Waals surface area contributed by atoms with Crippen molar-refractivity contribution in [2.45, 2.75) is 25.7 Å². The Balaban J connectivity index is 1.49. The maximum atomic E-state index is 11.7. The Kier molecular flexibility index (Phi) is 5.64. The first-order chi connectivity index (χ1) is 11.7. The van der Waals surface area contributed by atoms with Crippen molar-refractivity contribution < 1.29 is 4.74 Å². The molecule has 0 aliphatic carbocycles. The molecule has 2 aromatic rings. The lowest BCUT2D eigenvalue weighted by Gasteiger charge is -2.22. The molecule has 1 atom stereocenters. The highest BCUT2D eigenvalue weighted by Crippen LogP contribution is 2.21. The summed E-state index contributed by atoms with van der Waals surface area (Å²) < 4.78 is 7.15. The number of nitrogens with zero attached hydrogens (tertiary/aromatic N) is 2. The lowest BCUT2D eigenvalue weighted by atomic mass is 9.95. The zero-order valence-electron chi connectivity index (χ0n) is 14.2. The van der Waals surface area contributed by atoms with Crippen molar-refractivity contribution in [3.63, 3.8) is 0 Å². The molecule has 1 saturated heterocycles. The van der Waals surface area contributed by atoms with Gasteiger partial charge in [0.1, 0.15) is 5.75 Å². The Hall–Kier alpha value is -2.14. The molecule has 128 valence electrons. The van der Waals surface area contributed by atoms with Gasteiger partial charge in [0.05, 0.1) is 12.8 Å². The maximum absolute atomic E-state index is 11.7. The van der Waals surface area contributed by atoms with Gasteiger partial charge in [-0.1, -0.05) is 12.1 Å². The van der Waals surface area contributed by atoms with Gasteiger partial charge in [-0.05, 0) is 62.4 Å². The molecule has 5 nitrogen and oxygen atoms in total. The second-order valence-electron chi connectivity index (χ2n) is 6.43. The molecule has 5 heteroatoms. The summed E-state index contributed by atoms with van der Waals surface area (Å²) >= 11 is 0. The van der Waals surface area contributed by atoms with E-state index in [1.165, 1.54) is 30.5 Å². The van der Waals surface area contributed by atoms with Crippen molar-refractivity contribution in [3.8, 4) is 16.9 Å². The Morgan fingerprint density at radius 1 is 1.29 bits per heavy atom. The molecule has 0 spiro atoms. The average Bonchev–Trinajstić information content (AvgIpc) is 2.62. The van der Waals surface area contributed by atoms with Crippen LogP contribution < -0.4 is 15.6 Å². The van der Waals surface area contributed by atoms with Crippen LogP contribution in [0, 0.1) is 5.92 Å². The molecule has 1 aromatic heterocycles. The standard InChI is InChI=1S/C19H25N3O2/c1-22-19(23)12-17(14-21-22)16-6-8-18(9-7-16)24-11-3-5-15-4-2-10-20-13-15/h6-9,12,14-15,20H,2-5,10-11,13H2,1H3. The lowest BCUT2D eigenvalue weighted by Crippen LogP contribution is -2.29. The monoisotopic (exact) mass is 327 g/mol. The highest BCUT2D eigenvalue weighted by molar-refractivity contribution is 5.62. The van der Waals surface area contributed by atoms with Crippen molar-refractivity contribution in [2.75, 3.05) is 19.7 Å². The van der Waals surface area contributed by atoms with Crippen molar-refractivity contribution in [1.29, 1.82) is 0 Å². The number of piperidine rings is 1. The molecular formula is C19H25N3O2. The summed E-state index contributed by atoms with van der Waals surface area (Å²) in [6.07, 6.45) is 6.66. The van der Waals surface area contributed by atoms with E-state index in [1.807, 2.05) is 24.3 Å². The van der Waals surface area contributed by atoms with Crippen molar-refractivity contribution in [2.24, 2.45) is 13.0 Å². The van der Waals surface area contributed by atoms with Crippen molar-refractivity contribution in [3.05, 3.63) is 46.9 Å². The number of aromatic nitrogens is 2. The van der Waals surface area contributed by atoms with E-state index >= 15 is 0 Å². The van der Waals surface area contributed by atoms with E-state index in [2.05, 4.69) is 10.4 Å². The predicted octanol–water partition coefficient (Wildman–Crippen LogP) is 2.61. The van der Waals surface area contributed by atoms with Gasteiger partial charge in [0, 0.05) is 18.7 Å². The van der Waals surface area contributed by atoms with E-state index in [1.54, 1.807) is 19.3 Å². The summed E-state index contributed by atoms with van der Waals surface area (Å²) in [6, 6.07) is 9.44. The molecule has 0 radical (unpaired) electrons. The number of nitrogens with one attached hydrogen (secondary N) is 1. The van der Waals surface area contributed by atoms with Gasteiger partial charge in [-0.3, -0.25) is 4.79 Å². The molecule has 2 heterocycles. The van der Waals surface area contributed by atoms with Crippen LogP contribution in [-0.4, -0.2) is 29.5 Å². The van der Waals surface area contributed by atoms with Gasteiger partial charge >= 0.3 is 0 Å². The summed E-state index contributed by atoms with van der Waals surface area (Å²) in [5.74, 6) is 1.68. The number of aryl methyl sites for hydroxylation is 1. The van der Waals surface area contributed by atoms with E-state index in [-0.39, 0.29) is 5.56 Å². The molecule has 1 aliphatic heterocycles. The summed E-state index contributed by atoms with van der Waals surface area (Å²) in [7, 11) is 1.65. The number of benzene rings is 1. The average molecular weight is 327 g/mol. The zero-order chi connectivity index (χ0) is 16.8. The third-order valence-electron chi connectivity index (χ3n) is 4.58. The molecule has 0 amide bonds. The van der Waals surface area contributed by atoms with Gasteiger partial charge in [-0.25, -0.2) is 4.68 Å². The number of rotatable bonds is 6.